The lowest BCUT2D eigenvalue weighted by molar-refractivity contribution is 0.717. The molecule has 0 fully saturated rings. The largest absolute Gasteiger partial charge is 0.264 e. The summed E-state index contributed by atoms with van der Waals surface area (Å²) in [5.74, 6) is 0.764. The summed E-state index contributed by atoms with van der Waals surface area (Å²) in [7, 11) is 0. The molecule has 0 aromatic carbocycles. The predicted octanol–water partition coefficient (Wildman–Crippen LogP) is 2.18. The maximum absolute atomic E-state index is 5.50. The lowest BCUT2D eigenvalue weighted by atomic mass is 11.0. The summed E-state index contributed by atoms with van der Waals surface area (Å²) in [4.78, 5) is 0. The summed E-state index contributed by atoms with van der Waals surface area (Å²) >= 11 is 12.6. The van der Waals surface area contributed by atoms with Crippen LogP contribution in [-0.4, -0.2) is 10.3 Å². The number of hydrogen-bond acceptors (Lipinski definition) is 2. The van der Waals surface area contributed by atoms with Crippen LogP contribution in [0.4, 0.5) is 0 Å². The van der Waals surface area contributed by atoms with E-state index >= 15 is 0 Å². The Morgan fingerprint density at radius 3 is 2.71 bits per heavy atom. The molecule has 0 aromatic rings. The lowest BCUT2D eigenvalue weighted by Gasteiger charge is -2.01. The van der Waals surface area contributed by atoms with Crippen LogP contribution in [-0.2, 0) is 0 Å². The third-order valence-electron chi connectivity index (χ3n) is 0.600. The standard InChI is InChI=1S/C3H3Cl2NS/c4-3-1-7-2-6(3)5/h1H,2H2. The fourth-order valence-electron chi connectivity index (χ4n) is 0.290. The van der Waals surface area contributed by atoms with Crippen molar-refractivity contribution in [2.45, 2.75) is 0 Å². The number of nitrogens with zero attached hydrogens (tertiary/aromatic N) is 1. The van der Waals surface area contributed by atoms with Crippen LogP contribution in [0.2, 0.25) is 0 Å². The van der Waals surface area contributed by atoms with Gasteiger partial charge in [-0.3, -0.25) is 4.42 Å². The van der Waals surface area contributed by atoms with Crippen LogP contribution >= 0.6 is 35.1 Å². The van der Waals surface area contributed by atoms with Crippen molar-refractivity contribution in [2.75, 3.05) is 5.88 Å². The van der Waals surface area contributed by atoms with Gasteiger partial charge in [0, 0.05) is 17.2 Å². The highest BCUT2D eigenvalue weighted by Crippen LogP contribution is 2.26. The molecule has 0 amide bonds. The highest BCUT2D eigenvalue weighted by Gasteiger charge is 2.08. The van der Waals surface area contributed by atoms with Crippen LogP contribution in [0.5, 0.6) is 0 Å². The average Bonchev–Trinajstić information content (AvgIpc) is 1.91. The molecule has 40 valence electrons. The Labute approximate surface area is 56.4 Å². The van der Waals surface area contributed by atoms with Gasteiger partial charge in [-0.2, -0.15) is 0 Å². The van der Waals surface area contributed by atoms with Gasteiger partial charge in [0.2, 0.25) is 0 Å². The molecular formula is C3H3Cl2NS. The highest BCUT2D eigenvalue weighted by molar-refractivity contribution is 8.02. The topological polar surface area (TPSA) is 3.24 Å². The van der Waals surface area contributed by atoms with E-state index in [0.717, 1.165) is 5.88 Å². The smallest absolute Gasteiger partial charge is 0.126 e. The first-order valence-corrected chi connectivity index (χ1v) is 3.48. The van der Waals surface area contributed by atoms with Gasteiger partial charge in [-0.1, -0.05) is 11.6 Å². The Bertz CT molecular complexity index is 103. The molecule has 1 nitrogen and oxygen atoms in total. The first-order chi connectivity index (χ1) is 3.30. The minimum Gasteiger partial charge on any atom is -0.264 e. The Balaban J connectivity index is 2.54. The second-order valence-electron chi connectivity index (χ2n) is 1.10. The van der Waals surface area contributed by atoms with Gasteiger partial charge < -0.3 is 0 Å². The summed E-state index contributed by atoms with van der Waals surface area (Å²) in [6.45, 7) is 0. The predicted molar refractivity (Wildman–Crippen MR) is 34.1 cm³/mol. The number of thioether (sulfide) groups is 1. The normalized spacial score (nSPS) is 20.3. The molecule has 0 N–H and O–H groups in total. The molecule has 0 saturated carbocycles. The van der Waals surface area contributed by atoms with E-state index in [1.165, 1.54) is 4.42 Å². The SMILES string of the molecule is ClC1=CSCN1Cl. The van der Waals surface area contributed by atoms with Crippen LogP contribution < -0.4 is 0 Å². The van der Waals surface area contributed by atoms with E-state index < -0.39 is 0 Å². The fraction of sp³-hybridized carbons (Fsp3) is 0.333. The zero-order valence-electron chi connectivity index (χ0n) is 3.40. The van der Waals surface area contributed by atoms with Gasteiger partial charge in [0.25, 0.3) is 0 Å². The molecular weight excluding hydrogens is 153 g/mol. The van der Waals surface area contributed by atoms with Crippen molar-refractivity contribution in [3.63, 3.8) is 0 Å². The Morgan fingerprint density at radius 1 is 1.86 bits per heavy atom. The van der Waals surface area contributed by atoms with E-state index in [0.29, 0.717) is 5.16 Å². The molecule has 0 saturated heterocycles. The summed E-state index contributed by atoms with van der Waals surface area (Å²) in [5, 5.41) is 2.43. The van der Waals surface area contributed by atoms with Crippen molar-refractivity contribution >= 4 is 35.1 Å². The van der Waals surface area contributed by atoms with Crippen molar-refractivity contribution < 1.29 is 0 Å². The first-order valence-electron chi connectivity index (χ1n) is 1.71. The van der Waals surface area contributed by atoms with Crippen LogP contribution in [0.25, 0.3) is 0 Å². The zero-order chi connectivity index (χ0) is 5.28. The molecule has 0 aromatic heterocycles. The molecule has 7 heavy (non-hydrogen) atoms. The van der Waals surface area contributed by atoms with Gasteiger partial charge in [0.05, 0.1) is 5.88 Å². The van der Waals surface area contributed by atoms with Gasteiger partial charge in [0.1, 0.15) is 5.16 Å². The van der Waals surface area contributed by atoms with E-state index in [1.54, 1.807) is 11.8 Å². The average molecular weight is 156 g/mol. The third kappa shape index (κ3) is 1.18. The quantitative estimate of drug-likeness (QED) is 0.390. The van der Waals surface area contributed by atoms with E-state index in [2.05, 4.69) is 0 Å². The second kappa shape index (κ2) is 2.16. The van der Waals surface area contributed by atoms with Crippen molar-refractivity contribution in [1.29, 1.82) is 0 Å². The van der Waals surface area contributed by atoms with Gasteiger partial charge in [-0.05, 0) is 0 Å². The summed E-state index contributed by atoms with van der Waals surface area (Å²) in [5.41, 5.74) is 0. The molecule has 0 spiro atoms. The lowest BCUT2D eigenvalue weighted by Crippen LogP contribution is -1.98. The Morgan fingerprint density at radius 2 is 2.57 bits per heavy atom. The minimum absolute atomic E-state index is 0.617. The van der Waals surface area contributed by atoms with Gasteiger partial charge in [0.15, 0.2) is 0 Å². The fourth-order valence-corrected chi connectivity index (χ4v) is 1.49. The van der Waals surface area contributed by atoms with Crippen molar-refractivity contribution in [1.82, 2.24) is 4.42 Å². The molecule has 0 aliphatic carbocycles. The summed E-state index contributed by atoms with van der Waals surface area (Å²) in [6.07, 6.45) is 0. The first kappa shape index (κ1) is 5.60. The van der Waals surface area contributed by atoms with Crippen LogP contribution in [0.15, 0.2) is 10.6 Å². The van der Waals surface area contributed by atoms with Crippen molar-refractivity contribution in [3.8, 4) is 0 Å². The molecule has 1 heterocycles. The van der Waals surface area contributed by atoms with Crippen molar-refractivity contribution in [3.05, 3.63) is 10.6 Å². The highest BCUT2D eigenvalue weighted by atomic mass is 35.5. The van der Waals surface area contributed by atoms with E-state index in [1.807, 2.05) is 5.41 Å². The molecule has 1 aliphatic heterocycles. The molecule has 0 atom stereocenters. The van der Waals surface area contributed by atoms with Crippen molar-refractivity contribution in [2.24, 2.45) is 0 Å². The second-order valence-corrected chi connectivity index (χ2v) is 2.72. The summed E-state index contributed by atoms with van der Waals surface area (Å²) < 4.78 is 1.46. The number of hydrogen-bond donors (Lipinski definition) is 0. The number of rotatable bonds is 0. The molecule has 0 bridgehead atoms. The Kier molecular flexibility index (Phi) is 1.73. The molecule has 1 rings (SSSR count). The maximum Gasteiger partial charge on any atom is 0.126 e. The van der Waals surface area contributed by atoms with Gasteiger partial charge >= 0.3 is 0 Å². The minimum atomic E-state index is 0.617. The monoisotopic (exact) mass is 155 g/mol. The van der Waals surface area contributed by atoms with E-state index in [-0.39, 0.29) is 0 Å². The molecule has 0 unspecified atom stereocenters. The Hall–Kier alpha value is 0.470. The maximum atomic E-state index is 5.50. The van der Waals surface area contributed by atoms with Crippen LogP contribution in [0.1, 0.15) is 0 Å². The van der Waals surface area contributed by atoms with Gasteiger partial charge in [-0.25, -0.2) is 0 Å². The summed E-state index contributed by atoms with van der Waals surface area (Å²) in [6, 6.07) is 0. The van der Waals surface area contributed by atoms with E-state index in [9.17, 15) is 0 Å². The third-order valence-corrected chi connectivity index (χ3v) is 2.37. The zero-order valence-corrected chi connectivity index (χ0v) is 5.72. The van der Waals surface area contributed by atoms with Crippen LogP contribution in [0, 0.1) is 0 Å². The van der Waals surface area contributed by atoms with Crippen LogP contribution in [0.3, 0.4) is 0 Å². The van der Waals surface area contributed by atoms with Gasteiger partial charge in [-0.15, -0.1) is 11.8 Å². The number of halogens is 2. The molecule has 4 heteroatoms. The van der Waals surface area contributed by atoms with E-state index in [4.69, 9.17) is 23.4 Å². The molecule has 1 aliphatic rings. The molecule has 0 radical (unpaired) electrons.